The Morgan fingerprint density at radius 3 is 2.67 bits per heavy atom. The number of hydrogen-bond acceptors (Lipinski definition) is 1. The highest BCUT2D eigenvalue weighted by atomic mass is 19.1. The van der Waals surface area contributed by atoms with Gasteiger partial charge in [-0.05, 0) is 36.0 Å². The molecule has 0 radical (unpaired) electrons. The molecule has 82 valence electrons. The molecule has 0 fully saturated rings. The summed E-state index contributed by atoms with van der Waals surface area (Å²) in [7, 11) is 0. The van der Waals surface area contributed by atoms with Gasteiger partial charge in [0.2, 0.25) is 0 Å². The van der Waals surface area contributed by atoms with Gasteiger partial charge < -0.3 is 4.79 Å². The van der Waals surface area contributed by atoms with Crippen molar-refractivity contribution in [3.05, 3.63) is 35.1 Å². The van der Waals surface area contributed by atoms with Crippen LogP contribution in [0.15, 0.2) is 18.2 Å². The summed E-state index contributed by atoms with van der Waals surface area (Å²) in [5.74, 6) is 0.347. The van der Waals surface area contributed by atoms with Crippen LogP contribution >= 0.6 is 0 Å². The highest BCUT2D eigenvalue weighted by Gasteiger charge is 2.04. The van der Waals surface area contributed by atoms with E-state index in [2.05, 4.69) is 13.8 Å². The van der Waals surface area contributed by atoms with Crippen molar-refractivity contribution in [2.75, 3.05) is 0 Å². The molecule has 1 rings (SSSR count). The van der Waals surface area contributed by atoms with E-state index < -0.39 is 0 Å². The largest absolute Gasteiger partial charge is 0.303 e. The minimum atomic E-state index is -0.185. The maximum atomic E-state index is 13.5. The third kappa shape index (κ3) is 3.82. The zero-order valence-electron chi connectivity index (χ0n) is 9.29. The normalized spacial score (nSPS) is 10.7. The summed E-state index contributed by atoms with van der Waals surface area (Å²) in [4.78, 5) is 10.2. The first-order valence-corrected chi connectivity index (χ1v) is 5.34. The van der Waals surface area contributed by atoms with Gasteiger partial charge in [0.05, 0.1) is 0 Å². The molecule has 1 aromatic carbocycles. The molecule has 0 spiro atoms. The number of carbonyl (C=O) groups is 1. The molecule has 0 bridgehead atoms. The molecule has 0 saturated heterocycles. The Labute approximate surface area is 90.3 Å². The molecular formula is C13H17FO. The van der Waals surface area contributed by atoms with E-state index in [0.29, 0.717) is 24.3 Å². The Hall–Kier alpha value is -1.18. The third-order valence-corrected chi connectivity index (χ3v) is 2.29. The second-order valence-corrected chi connectivity index (χ2v) is 4.23. The van der Waals surface area contributed by atoms with Crippen molar-refractivity contribution in [1.29, 1.82) is 0 Å². The fourth-order valence-electron chi connectivity index (χ4n) is 1.61. The van der Waals surface area contributed by atoms with Gasteiger partial charge in [-0.15, -0.1) is 0 Å². The van der Waals surface area contributed by atoms with Crippen LogP contribution in [-0.4, -0.2) is 6.29 Å². The minimum absolute atomic E-state index is 0.185. The van der Waals surface area contributed by atoms with Gasteiger partial charge in [0, 0.05) is 6.42 Å². The molecule has 0 unspecified atom stereocenters. The van der Waals surface area contributed by atoms with E-state index in [0.717, 1.165) is 18.3 Å². The monoisotopic (exact) mass is 208 g/mol. The predicted molar refractivity (Wildman–Crippen MR) is 59.3 cm³/mol. The molecule has 0 aliphatic rings. The van der Waals surface area contributed by atoms with E-state index in [9.17, 15) is 9.18 Å². The molecule has 1 nitrogen and oxygen atoms in total. The smallest absolute Gasteiger partial charge is 0.126 e. The topological polar surface area (TPSA) is 17.1 Å². The van der Waals surface area contributed by atoms with Gasteiger partial charge in [-0.25, -0.2) is 4.39 Å². The molecule has 15 heavy (non-hydrogen) atoms. The molecule has 1 aromatic rings. The second kappa shape index (κ2) is 5.64. The van der Waals surface area contributed by atoms with Crippen LogP contribution in [0.5, 0.6) is 0 Å². The first kappa shape index (κ1) is 11.9. The quantitative estimate of drug-likeness (QED) is 0.679. The van der Waals surface area contributed by atoms with Crippen molar-refractivity contribution in [2.24, 2.45) is 5.92 Å². The summed E-state index contributed by atoms with van der Waals surface area (Å²) in [6.07, 6.45) is 2.60. The highest BCUT2D eigenvalue weighted by molar-refractivity contribution is 5.50. The van der Waals surface area contributed by atoms with E-state index in [1.807, 2.05) is 6.07 Å². The maximum Gasteiger partial charge on any atom is 0.126 e. The van der Waals surface area contributed by atoms with Gasteiger partial charge >= 0.3 is 0 Å². The van der Waals surface area contributed by atoms with Crippen LogP contribution in [0.2, 0.25) is 0 Å². The van der Waals surface area contributed by atoms with Gasteiger partial charge in [0.25, 0.3) is 0 Å². The Balaban J connectivity index is 2.73. The fourth-order valence-corrected chi connectivity index (χ4v) is 1.61. The number of carbonyl (C=O) groups excluding carboxylic acids is 1. The molecule has 0 amide bonds. The summed E-state index contributed by atoms with van der Waals surface area (Å²) in [5.41, 5.74) is 1.66. The van der Waals surface area contributed by atoms with E-state index in [1.165, 1.54) is 0 Å². The Kier molecular flexibility index (Phi) is 4.47. The van der Waals surface area contributed by atoms with Gasteiger partial charge in [-0.3, -0.25) is 0 Å². The van der Waals surface area contributed by atoms with E-state index in [-0.39, 0.29) is 5.82 Å². The Bertz CT molecular complexity index is 331. The SMILES string of the molecule is CC(C)Cc1ccc(CCC=O)c(F)c1. The number of halogens is 1. The lowest BCUT2D eigenvalue weighted by molar-refractivity contribution is -0.107. The highest BCUT2D eigenvalue weighted by Crippen LogP contribution is 2.14. The lowest BCUT2D eigenvalue weighted by atomic mass is 10.00. The third-order valence-electron chi connectivity index (χ3n) is 2.29. The summed E-state index contributed by atoms with van der Waals surface area (Å²) in [5, 5.41) is 0. The van der Waals surface area contributed by atoms with Gasteiger partial charge in [0.1, 0.15) is 12.1 Å². The number of benzene rings is 1. The van der Waals surface area contributed by atoms with E-state index in [4.69, 9.17) is 0 Å². The van der Waals surface area contributed by atoms with Crippen LogP contribution in [0, 0.1) is 11.7 Å². The average molecular weight is 208 g/mol. The Morgan fingerprint density at radius 1 is 1.40 bits per heavy atom. The summed E-state index contributed by atoms with van der Waals surface area (Å²) in [6, 6.07) is 5.32. The first-order valence-electron chi connectivity index (χ1n) is 5.34. The molecule has 0 heterocycles. The number of hydrogen-bond donors (Lipinski definition) is 0. The fraction of sp³-hybridized carbons (Fsp3) is 0.462. The summed E-state index contributed by atoms with van der Waals surface area (Å²) < 4.78 is 13.5. The van der Waals surface area contributed by atoms with Gasteiger partial charge in [0.15, 0.2) is 0 Å². The van der Waals surface area contributed by atoms with Crippen molar-refractivity contribution in [3.63, 3.8) is 0 Å². The van der Waals surface area contributed by atoms with Gasteiger partial charge in [-0.1, -0.05) is 26.0 Å². The van der Waals surface area contributed by atoms with E-state index in [1.54, 1.807) is 12.1 Å². The molecule has 0 N–H and O–H groups in total. The molecule has 0 aromatic heterocycles. The minimum Gasteiger partial charge on any atom is -0.303 e. The van der Waals surface area contributed by atoms with Crippen LogP contribution < -0.4 is 0 Å². The lowest BCUT2D eigenvalue weighted by Crippen LogP contribution is -1.97. The molecule has 0 atom stereocenters. The van der Waals surface area contributed by atoms with Crippen molar-refractivity contribution in [3.8, 4) is 0 Å². The predicted octanol–water partition coefficient (Wildman–Crippen LogP) is 3.16. The standard InChI is InChI=1S/C13H17FO/c1-10(2)8-11-5-6-12(4-3-7-15)13(14)9-11/h5-7,9-10H,3-4,8H2,1-2H3. The maximum absolute atomic E-state index is 13.5. The first-order chi connectivity index (χ1) is 7.13. The Morgan fingerprint density at radius 2 is 2.13 bits per heavy atom. The zero-order chi connectivity index (χ0) is 11.3. The molecule has 0 aliphatic carbocycles. The molecular weight excluding hydrogens is 191 g/mol. The van der Waals surface area contributed by atoms with Crippen molar-refractivity contribution >= 4 is 6.29 Å². The van der Waals surface area contributed by atoms with Crippen molar-refractivity contribution < 1.29 is 9.18 Å². The molecule has 0 saturated carbocycles. The van der Waals surface area contributed by atoms with Crippen LogP contribution in [0.4, 0.5) is 4.39 Å². The number of aryl methyl sites for hydroxylation is 1. The van der Waals surface area contributed by atoms with Gasteiger partial charge in [-0.2, -0.15) is 0 Å². The van der Waals surface area contributed by atoms with Crippen molar-refractivity contribution in [1.82, 2.24) is 0 Å². The molecule has 2 heteroatoms. The van der Waals surface area contributed by atoms with Crippen LogP contribution in [0.25, 0.3) is 0 Å². The second-order valence-electron chi connectivity index (χ2n) is 4.23. The van der Waals surface area contributed by atoms with Crippen LogP contribution in [-0.2, 0) is 17.6 Å². The van der Waals surface area contributed by atoms with Crippen molar-refractivity contribution in [2.45, 2.75) is 33.1 Å². The summed E-state index contributed by atoms with van der Waals surface area (Å²) >= 11 is 0. The zero-order valence-corrected chi connectivity index (χ0v) is 9.29. The number of aldehydes is 1. The molecule has 0 aliphatic heterocycles. The van der Waals surface area contributed by atoms with Crippen LogP contribution in [0.3, 0.4) is 0 Å². The van der Waals surface area contributed by atoms with E-state index >= 15 is 0 Å². The van der Waals surface area contributed by atoms with Crippen LogP contribution in [0.1, 0.15) is 31.4 Å². The average Bonchev–Trinajstić information content (AvgIpc) is 2.15. The summed E-state index contributed by atoms with van der Waals surface area (Å²) in [6.45, 7) is 4.22. The number of rotatable bonds is 5. The lowest BCUT2D eigenvalue weighted by Gasteiger charge is -2.07.